The highest BCUT2D eigenvalue weighted by Crippen LogP contribution is 2.30. The van der Waals surface area contributed by atoms with Crippen LogP contribution in [0.4, 0.5) is 4.39 Å². The van der Waals surface area contributed by atoms with Crippen LogP contribution in [-0.2, 0) is 11.2 Å². The van der Waals surface area contributed by atoms with Crippen LogP contribution in [0.15, 0.2) is 18.2 Å². The van der Waals surface area contributed by atoms with Gasteiger partial charge in [-0.1, -0.05) is 6.07 Å². The first-order valence-electron chi connectivity index (χ1n) is 4.77. The average Bonchev–Trinajstić information content (AvgIpc) is 2.18. The zero-order chi connectivity index (χ0) is 9.97. The van der Waals surface area contributed by atoms with Crippen molar-refractivity contribution in [3.05, 3.63) is 35.1 Å². The lowest BCUT2D eigenvalue weighted by Crippen LogP contribution is -2.16. The van der Waals surface area contributed by atoms with Gasteiger partial charge in [-0.05, 0) is 36.1 Å². The van der Waals surface area contributed by atoms with E-state index in [1.165, 1.54) is 6.07 Å². The molecule has 0 aliphatic carbocycles. The van der Waals surface area contributed by atoms with E-state index in [1.807, 2.05) is 0 Å². The molecule has 0 amide bonds. The van der Waals surface area contributed by atoms with Gasteiger partial charge in [0, 0.05) is 5.88 Å². The van der Waals surface area contributed by atoms with Gasteiger partial charge in [-0.3, -0.25) is 0 Å². The van der Waals surface area contributed by atoms with Gasteiger partial charge in [0.1, 0.15) is 5.82 Å². The monoisotopic (exact) mass is 214 g/mol. The highest BCUT2D eigenvalue weighted by molar-refractivity contribution is 6.17. The van der Waals surface area contributed by atoms with Gasteiger partial charge in [-0.25, -0.2) is 4.39 Å². The molecule has 76 valence electrons. The number of hydrogen-bond acceptors (Lipinski definition) is 1. The Bertz CT molecular complexity index is 327. The number of ether oxygens (including phenoxy) is 1. The van der Waals surface area contributed by atoms with Gasteiger partial charge >= 0.3 is 0 Å². The fourth-order valence-corrected chi connectivity index (χ4v) is 2.04. The van der Waals surface area contributed by atoms with E-state index in [0.29, 0.717) is 12.5 Å². The van der Waals surface area contributed by atoms with Crippen LogP contribution in [0.1, 0.15) is 23.7 Å². The van der Waals surface area contributed by atoms with Crippen molar-refractivity contribution >= 4 is 11.6 Å². The van der Waals surface area contributed by atoms with E-state index >= 15 is 0 Å². The minimum Gasteiger partial charge on any atom is -0.373 e. The predicted octanol–water partition coefficient (Wildman–Crippen LogP) is 3.07. The molecule has 14 heavy (non-hydrogen) atoms. The maximum Gasteiger partial charge on any atom is 0.123 e. The number of halogens is 2. The lowest BCUT2D eigenvalue weighted by Gasteiger charge is -2.25. The first-order chi connectivity index (χ1) is 6.81. The molecule has 0 spiro atoms. The van der Waals surface area contributed by atoms with Crippen LogP contribution < -0.4 is 0 Å². The molecule has 0 radical (unpaired) electrons. The van der Waals surface area contributed by atoms with Crippen LogP contribution in [0.3, 0.4) is 0 Å². The highest BCUT2D eigenvalue weighted by atomic mass is 35.5. The topological polar surface area (TPSA) is 9.23 Å². The Hall–Kier alpha value is -0.600. The summed E-state index contributed by atoms with van der Waals surface area (Å²) in [6, 6.07) is 4.88. The Morgan fingerprint density at radius 1 is 1.50 bits per heavy atom. The number of benzene rings is 1. The van der Waals surface area contributed by atoms with Gasteiger partial charge in [-0.2, -0.15) is 0 Å². The van der Waals surface area contributed by atoms with Crippen molar-refractivity contribution in [2.24, 2.45) is 0 Å². The van der Waals surface area contributed by atoms with Crippen molar-refractivity contribution in [2.45, 2.75) is 18.9 Å². The second kappa shape index (κ2) is 4.28. The quantitative estimate of drug-likeness (QED) is 0.688. The molecule has 0 N–H and O–H groups in total. The Labute approximate surface area is 87.8 Å². The van der Waals surface area contributed by atoms with Crippen LogP contribution in [0.25, 0.3) is 0 Å². The molecule has 1 aromatic carbocycles. The molecule has 2 rings (SSSR count). The van der Waals surface area contributed by atoms with Crippen molar-refractivity contribution in [1.82, 2.24) is 0 Å². The Balaban J connectivity index is 2.30. The van der Waals surface area contributed by atoms with E-state index in [4.69, 9.17) is 16.3 Å². The van der Waals surface area contributed by atoms with Crippen molar-refractivity contribution in [1.29, 1.82) is 0 Å². The average molecular weight is 215 g/mol. The highest BCUT2D eigenvalue weighted by Gasteiger charge is 2.20. The van der Waals surface area contributed by atoms with Gasteiger partial charge in [0.05, 0.1) is 12.7 Å². The third kappa shape index (κ3) is 1.91. The molecular weight excluding hydrogens is 203 g/mol. The molecule has 1 nitrogen and oxygen atoms in total. The molecule has 1 unspecified atom stereocenters. The normalized spacial score (nSPS) is 20.6. The van der Waals surface area contributed by atoms with Crippen molar-refractivity contribution in [3.63, 3.8) is 0 Å². The summed E-state index contributed by atoms with van der Waals surface area (Å²) < 4.78 is 18.5. The fourth-order valence-electron chi connectivity index (χ4n) is 1.84. The Morgan fingerprint density at radius 2 is 2.36 bits per heavy atom. The van der Waals surface area contributed by atoms with Crippen molar-refractivity contribution < 1.29 is 9.13 Å². The molecule has 1 aromatic rings. The summed E-state index contributed by atoms with van der Waals surface area (Å²) in [5.41, 5.74) is 2.16. The molecule has 1 heterocycles. The molecule has 0 saturated carbocycles. The third-order valence-corrected chi connectivity index (χ3v) is 2.73. The third-order valence-electron chi connectivity index (χ3n) is 2.51. The standard InChI is InChI=1S/C11H12ClFO/c12-5-3-11-10-2-1-9(13)7-8(10)4-6-14-11/h1-2,7,11H,3-6H2. The summed E-state index contributed by atoms with van der Waals surface area (Å²) >= 11 is 5.68. The van der Waals surface area contributed by atoms with Crippen LogP contribution in [0.5, 0.6) is 0 Å². The smallest absolute Gasteiger partial charge is 0.123 e. The van der Waals surface area contributed by atoms with E-state index in [2.05, 4.69) is 0 Å². The molecule has 0 fully saturated rings. The summed E-state index contributed by atoms with van der Waals surface area (Å²) in [5, 5.41) is 0. The summed E-state index contributed by atoms with van der Waals surface area (Å²) in [6.07, 6.45) is 1.64. The van der Waals surface area contributed by atoms with Gasteiger partial charge in [0.2, 0.25) is 0 Å². The van der Waals surface area contributed by atoms with E-state index < -0.39 is 0 Å². The zero-order valence-corrected chi connectivity index (χ0v) is 8.56. The predicted molar refractivity (Wildman–Crippen MR) is 54.1 cm³/mol. The van der Waals surface area contributed by atoms with E-state index in [1.54, 1.807) is 12.1 Å². The Morgan fingerprint density at radius 3 is 3.14 bits per heavy atom. The molecular formula is C11H12ClFO. The summed E-state index contributed by atoms with van der Waals surface area (Å²) in [4.78, 5) is 0. The molecule has 1 aliphatic rings. The number of hydrogen-bond donors (Lipinski definition) is 0. The minimum atomic E-state index is -0.171. The second-order valence-corrected chi connectivity index (χ2v) is 3.81. The first-order valence-corrected chi connectivity index (χ1v) is 5.30. The largest absolute Gasteiger partial charge is 0.373 e. The van der Waals surface area contributed by atoms with E-state index in [9.17, 15) is 4.39 Å². The molecule has 3 heteroatoms. The molecule has 0 bridgehead atoms. The van der Waals surface area contributed by atoms with Gasteiger partial charge in [0.25, 0.3) is 0 Å². The number of rotatable bonds is 2. The zero-order valence-electron chi connectivity index (χ0n) is 7.80. The maximum absolute atomic E-state index is 12.9. The number of fused-ring (bicyclic) bond motifs is 1. The lowest BCUT2D eigenvalue weighted by atomic mass is 9.96. The van der Waals surface area contributed by atoms with E-state index in [0.717, 1.165) is 24.0 Å². The summed E-state index contributed by atoms with van der Waals surface area (Å²) in [5.74, 6) is 0.400. The van der Waals surface area contributed by atoms with Crippen LogP contribution >= 0.6 is 11.6 Å². The first kappa shape index (κ1) is 9.94. The Kier molecular flexibility index (Phi) is 3.04. The van der Waals surface area contributed by atoms with Crippen LogP contribution in [-0.4, -0.2) is 12.5 Å². The molecule has 1 aliphatic heterocycles. The second-order valence-electron chi connectivity index (χ2n) is 3.43. The van der Waals surface area contributed by atoms with Crippen LogP contribution in [0, 0.1) is 5.82 Å². The fraction of sp³-hybridized carbons (Fsp3) is 0.455. The molecule has 1 atom stereocenters. The van der Waals surface area contributed by atoms with Crippen LogP contribution in [0.2, 0.25) is 0 Å². The molecule has 0 aromatic heterocycles. The van der Waals surface area contributed by atoms with E-state index in [-0.39, 0.29) is 11.9 Å². The lowest BCUT2D eigenvalue weighted by molar-refractivity contribution is 0.0404. The van der Waals surface area contributed by atoms with Crippen molar-refractivity contribution in [3.8, 4) is 0 Å². The minimum absolute atomic E-state index is 0.0526. The molecule has 0 saturated heterocycles. The summed E-state index contributed by atoms with van der Waals surface area (Å²) in [7, 11) is 0. The maximum atomic E-state index is 12.9. The van der Waals surface area contributed by atoms with Crippen molar-refractivity contribution in [2.75, 3.05) is 12.5 Å². The van der Waals surface area contributed by atoms with Gasteiger partial charge < -0.3 is 4.74 Å². The van der Waals surface area contributed by atoms with Gasteiger partial charge in [-0.15, -0.1) is 11.6 Å². The number of alkyl halides is 1. The SMILES string of the molecule is Fc1ccc2c(c1)CCOC2CCCl. The van der Waals surface area contributed by atoms with Gasteiger partial charge in [0.15, 0.2) is 0 Å². The summed E-state index contributed by atoms with van der Waals surface area (Å²) in [6.45, 7) is 0.665.